The van der Waals surface area contributed by atoms with Gasteiger partial charge in [-0.15, -0.1) is 0 Å². The maximum Gasteiger partial charge on any atom is 0.108 e. The predicted octanol–water partition coefficient (Wildman–Crippen LogP) is 4.52. The van der Waals surface area contributed by atoms with E-state index in [-0.39, 0.29) is 0 Å². The SMILES string of the molecule is Nc1ccc2c(c1)n(-c1ccc3c(c1)n(N)n3Cc1ccccc1)n2-c1ccccc1. The smallest absolute Gasteiger partial charge is 0.108 e. The largest absolute Gasteiger partial charge is 0.399 e. The van der Waals surface area contributed by atoms with E-state index in [4.69, 9.17) is 11.6 Å². The zero-order valence-electron chi connectivity index (χ0n) is 16.9. The first-order valence-corrected chi connectivity index (χ1v) is 10.3. The molecule has 0 atom stereocenters. The van der Waals surface area contributed by atoms with Crippen molar-refractivity contribution in [2.24, 2.45) is 0 Å². The number of hydrogen-bond donors (Lipinski definition) is 2. The molecule has 6 heteroatoms. The molecule has 0 aliphatic carbocycles. The quantitative estimate of drug-likeness (QED) is 0.334. The monoisotopic (exact) mass is 406 g/mol. The number of fused-ring (bicyclic) bond motifs is 2. The maximum absolute atomic E-state index is 6.38. The number of para-hydroxylation sites is 1. The number of nitrogens with two attached hydrogens (primary N) is 2. The summed E-state index contributed by atoms with van der Waals surface area (Å²) in [7, 11) is 0. The van der Waals surface area contributed by atoms with Crippen LogP contribution in [0.1, 0.15) is 5.56 Å². The summed E-state index contributed by atoms with van der Waals surface area (Å²) in [5, 5.41) is 0. The lowest BCUT2D eigenvalue weighted by Gasteiger charge is -2.29. The van der Waals surface area contributed by atoms with E-state index in [2.05, 4.69) is 62.6 Å². The molecule has 0 unspecified atom stereocenters. The molecule has 4 N–H and O–H groups in total. The molecule has 4 aromatic carbocycles. The minimum absolute atomic E-state index is 0.739. The Labute approximate surface area is 179 Å². The van der Waals surface area contributed by atoms with Crippen LogP contribution in [0, 0.1) is 0 Å². The second-order valence-corrected chi connectivity index (χ2v) is 7.77. The summed E-state index contributed by atoms with van der Waals surface area (Å²) in [4.78, 5) is 1.72. The summed E-state index contributed by atoms with van der Waals surface area (Å²) in [6.07, 6.45) is 0. The highest BCUT2D eigenvalue weighted by molar-refractivity contribution is 5.87. The lowest BCUT2D eigenvalue weighted by molar-refractivity contribution is 0.574. The Balaban J connectivity index is 1.47. The van der Waals surface area contributed by atoms with Crippen molar-refractivity contribution in [1.82, 2.24) is 18.8 Å². The van der Waals surface area contributed by atoms with Gasteiger partial charge in [-0.2, -0.15) is 4.79 Å². The number of nitrogens with zero attached hydrogens (tertiary/aromatic N) is 4. The Hall–Kier alpha value is -4.32. The predicted molar refractivity (Wildman–Crippen MR) is 126 cm³/mol. The highest BCUT2D eigenvalue weighted by Gasteiger charge is 2.19. The van der Waals surface area contributed by atoms with Gasteiger partial charge in [0.1, 0.15) is 5.52 Å². The minimum atomic E-state index is 0.739. The van der Waals surface area contributed by atoms with E-state index >= 15 is 0 Å². The molecular formula is C25H22N6. The van der Waals surface area contributed by atoms with Gasteiger partial charge in [-0.3, -0.25) is 4.68 Å². The summed E-state index contributed by atoms with van der Waals surface area (Å²) in [5.41, 5.74) is 14.5. The van der Waals surface area contributed by atoms with Gasteiger partial charge in [-0.05, 0) is 54.1 Å². The van der Waals surface area contributed by atoms with Crippen LogP contribution in [0.4, 0.5) is 5.69 Å². The van der Waals surface area contributed by atoms with Crippen LogP contribution in [0.15, 0.2) is 97.1 Å². The van der Waals surface area contributed by atoms with Gasteiger partial charge < -0.3 is 11.6 Å². The lowest BCUT2D eigenvalue weighted by atomic mass is 10.2. The molecule has 0 aliphatic heterocycles. The van der Waals surface area contributed by atoms with Crippen LogP contribution in [0.5, 0.6) is 0 Å². The van der Waals surface area contributed by atoms with E-state index in [1.165, 1.54) is 5.56 Å². The van der Waals surface area contributed by atoms with Crippen LogP contribution >= 0.6 is 0 Å². The van der Waals surface area contributed by atoms with Crippen molar-refractivity contribution in [2.75, 3.05) is 11.6 Å². The number of nitrogen functional groups attached to an aromatic ring is 2. The number of hydrogen-bond acceptors (Lipinski definition) is 2. The summed E-state index contributed by atoms with van der Waals surface area (Å²) >= 11 is 0. The molecule has 152 valence electrons. The zero-order chi connectivity index (χ0) is 20.9. The first-order valence-electron chi connectivity index (χ1n) is 10.3. The van der Waals surface area contributed by atoms with Crippen LogP contribution in [0.3, 0.4) is 0 Å². The Morgan fingerprint density at radius 1 is 0.581 bits per heavy atom. The van der Waals surface area contributed by atoms with E-state index in [0.717, 1.165) is 45.7 Å². The summed E-state index contributed by atoms with van der Waals surface area (Å²) in [6, 6.07) is 33.0. The number of anilines is 1. The van der Waals surface area contributed by atoms with E-state index in [1.807, 2.05) is 48.5 Å². The number of aromatic nitrogens is 4. The van der Waals surface area contributed by atoms with Crippen LogP contribution in [-0.4, -0.2) is 18.8 Å². The first kappa shape index (κ1) is 17.5. The Kier molecular flexibility index (Phi) is 3.73. The molecule has 2 heterocycles. The minimum Gasteiger partial charge on any atom is -0.399 e. The molecular weight excluding hydrogens is 384 g/mol. The second kappa shape index (κ2) is 6.60. The fourth-order valence-corrected chi connectivity index (χ4v) is 4.30. The lowest BCUT2D eigenvalue weighted by Crippen LogP contribution is -2.30. The molecule has 0 radical (unpaired) electrons. The van der Waals surface area contributed by atoms with Gasteiger partial charge in [0, 0.05) is 5.69 Å². The van der Waals surface area contributed by atoms with Gasteiger partial charge in [-0.1, -0.05) is 48.5 Å². The van der Waals surface area contributed by atoms with Crippen molar-refractivity contribution in [2.45, 2.75) is 6.54 Å². The molecule has 6 nitrogen and oxygen atoms in total. The van der Waals surface area contributed by atoms with Crippen LogP contribution < -0.4 is 11.6 Å². The molecule has 0 bridgehead atoms. The normalized spacial score (nSPS) is 11.6. The molecule has 6 rings (SSSR count). The summed E-state index contributed by atoms with van der Waals surface area (Å²) in [6.45, 7) is 0.739. The molecule has 6 aromatic rings. The maximum atomic E-state index is 6.38. The van der Waals surface area contributed by atoms with Gasteiger partial charge in [0.25, 0.3) is 0 Å². The molecule has 0 saturated heterocycles. The molecule has 0 amide bonds. The van der Waals surface area contributed by atoms with E-state index in [1.54, 1.807) is 4.79 Å². The van der Waals surface area contributed by atoms with Crippen molar-refractivity contribution in [3.63, 3.8) is 0 Å². The Morgan fingerprint density at radius 2 is 1.26 bits per heavy atom. The molecule has 31 heavy (non-hydrogen) atoms. The van der Waals surface area contributed by atoms with E-state index in [9.17, 15) is 0 Å². The zero-order valence-corrected chi connectivity index (χ0v) is 16.9. The molecule has 0 fully saturated rings. The number of rotatable bonds is 4. The molecule has 0 saturated carbocycles. The van der Waals surface area contributed by atoms with Crippen molar-refractivity contribution in [3.05, 3.63) is 103 Å². The van der Waals surface area contributed by atoms with Crippen molar-refractivity contribution in [1.29, 1.82) is 0 Å². The second-order valence-electron chi connectivity index (χ2n) is 7.77. The average molecular weight is 406 g/mol. The Morgan fingerprint density at radius 3 is 2.03 bits per heavy atom. The topological polar surface area (TPSA) is 71.8 Å². The van der Waals surface area contributed by atoms with Crippen molar-refractivity contribution >= 4 is 27.8 Å². The Bertz CT molecular complexity index is 1510. The third kappa shape index (κ3) is 2.65. The van der Waals surface area contributed by atoms with Crippen molar-refractivity contribution < 1.29 is 0 Å². The molecule has 0 spiro atoms. The van der Waals surface area contributed by atoms with Gasteiger partial charge in [0.15, 0.2) is 0 Å². The van der Waals surface area contributed by atoms with Crippen LogP contribution in [0.25, 0.3) is 33.4 Å². The number of benzene rings is 4. The first-order chi connectivity index (χ1) is 15.2. The standard InChI is InChI=1S/C25H22N6/c26-19-11-13-23-24(15-19)30(29(23)20-9-5-2-6-10-20)21-12-14-22-25(16-21)31(27)28(22)17-18-7-3-1-4-8-18/h1-16H,17,26-27H2. The summed E-state index contributed by atoms with van der Waals surface area (Å²) in [5.74, 6) is 6.38. The van der Waals surface area contributed by atoms with Gasteiger partial charge >= 0.3 is 0 Å². The highest BCUT2D eigenvalue weighted by Crippen LogP contribution is 2.31. The van der Waals surface area contributed by atoms with Gasteiger partial charge in [0.2, 0.25) is 0 Å². The van der Waals surface area contributed by atoms with Crippen LogP contribution in [-0.2, 0) is 6.54 Å². The third-order valence-electron chi connectivity index (χ3n) is 5.82. The van der Waals surface area contributed by atoms with Gasteiger partial charge in [0.05, 0.1) is 34.5 Å². The molecule has 0 aliphatic rings. The fourth-order valence-electron chi connectivity index (χ4n) is 4.30. The summed E-state index contributed by atoms with van der Waals surface area (Å²) < 4.78 is 6.44. The third-order valence-corrected chi connectivity index (χ3v) is 5.82. The average Bonchev–Trinajstić information content (AvgIpc) is 2.80. The highest BCUT2D eigenvalue weighted by atomic mass is 15.6. The van der Waals surface area contributed by atoms with E-state index < -0.39 is 0 Å². The van der Waals surface area contributed by atoms with Gasteiger partial charge in [-0.25, -0.2) is 9.36 Å². The molecule has 2 aromatic heterocycles. The van der Waals surface area contributed by atoms with Crippen LogP contribution in [0.2, 0.25) is 0 Å². The fraction of sp³-hybridized carbons (Fsp3) is 0.0400. The van der Waals surface area contributed by atoms with Crippen molar-refractivity contribution in [3.8, 4) is 11.4 Å². The van der Waals surface area contributed by atoms with E-state index in [0.29, 0.717) is 0 Å².